The summed E-state index contributed by atoms with van der Waals surface area (Å²) in [6.07, 6.45) is 6.81. The van der Waals surface area contributed by atoms with Gasteiger partial charge >= 0.3 is 5.97 Å². The topological polar surface area (TPSA) is 91.0 Å². The van der Waals surface area contributed by atoms with E-state index in [0.29, 0.717) is 15.4 Å². The zero-order valence-corrected chi connectivity index (χ0v) is 20.3. The van der Waals surface area contributed by atoms with E-state index in [1.165, 1.54) is 45.7 Å². The molecule has 0 atom stereocenters. The molecule has 8 nitrogen and oxygen atoms in total. The van der Waals surface area contributed by atoms with Crippen molar-refractivity contribution in [2.45, 2.75) is 46.0 Å². The monoisotopic (exact) mass is 464 g/mol. The van der Waals surface area contributed by atoms with Crippen molar-refractivity contribution in [3.63, 3.8) is 0 Å². The summed E-state index contributed by atoms with van der Waals surface area (Å²) < 4.78 is 5.15. The Morgan fingerprint density at radius 1 is 1.06 bits per heavy atom. The van der Waals surface area contributed by atoms with Crippen LogP contribution in [0.2, 0.25) is 0 Å². The van der Waals surface area contributed by atoms with Crippen LogP contribution in [0.5, 0.6) is 0 Å². The fourth-order valence-electron chi connectivity index (χ4n) is 4.61. The average Bonchev–Trinajstić information content (AvgIpc) is 3.11. The predicted molar refractivity (Wildman–Crippen MR) is 126 cm³/mol. The summed E-state index contributed by atoms with van der Waals surface area (Å²) in [5.41, 5.74) is 0.792. The van der Waals surface area contributed by atoms with E-state index in [4.69, 9.17) is 4.74 Å². The molecule has 2 aliphatic rings. The number of anilines is 1. The van der Waals surface area contributed by atoms with Gasteiger partial charge in [0.15, 0.2) is 0 Å². The Labute approximate surface area is 194 Å². The molecule has 1 saturated carbocycles. The van der Waals surface area contributed by atoms with Crippen LogP contribution < -0.4 is 10.6 Å². The summed E-state index contributed by atoms with van der Waals surface area (Å²) >= 11 is 1.11. The third-order valence-electron chi connectivity index (χ3n) is 6.39. The van der Waals surface area contributed by atoms with Crippen LogP contribution in [-0.4, -0.2) is 80.5 Å². The maximum atomic E-state index is 12.8. The molecule has 2 fully saturated rings. The van der Waals surface area contributed by atoms with Gasteiger partial charge in [0, 0.05) is 39.8 Å². The molecule has 3 rings (SSSR count). The minimum atomic E-state index is -0.525. The van der Waals surface area contributed by atoms with Gasteiger partial charge < -0.3 is 20.3 Å². The van der Waals surface area contributed by atoms with Crippen LogP contribution in [0.4, 0.5) is 5.00 Å². The molecule has 1 aliphatic carbocycles. The number of amides is 2. The molecule has 2 N–H and O–H groups in total. The lowest BCUT2D eigenvalue weighted by atomic mass is 9.89. The Kier molecular flexibility index (Phi) is 9.07. The summed E-state index contributed by atoms with van der Waals surface area (Å²) in [4.78, 5) is 42.5. The molecule has 0 unspecified atom stereocenters. The van der Waals surface area contributed by atoms with E-state index in [-0.39, 0.29) is 30.5 Å². The third kappa shape index (κ3) is 6.30. The largest absolute Gasteiger partial charge is 0.462 e. The van der Waals surface area contributed by atoms with E-state index >= 15 is 0 Å². The van der Waals surface area contributed by atoms with E-state index in [1.807, 2.05) is 0 Å². The standard InChI is InChI=1S/C23H36N4O4S/c1-4-31-23(30)19-16(2)20(21(29)24-3)32-22(19)25-18(28)15-27-12-10-26(11-13-27)14-17-8-6-5-7-9-17/h17H,4-15H2,1-3H3,(H,24,29)(H,25,28). The lowest BCUT2D eigenvalue weighted by molar-refractivity contribution is -0.117. The molecule has 2 amide bonds. The zero-order valence-electron chi connectivity index (χ0n) is 19.5. The van der Waals surface area contributed by atoms with E-state index in [9.17, 15) is 14.4 Å². The Bertz CT molecular complexity index is 811. The van der Waals surface area contributed by atoms with E-state index in [1.54, 1.807) is 13.8 Å². The molecule has 0 spiro atoms. The quantitative estimate of drug-likeness (QED) is 0.575. The Morgan fingerprint density at radius 3 is 2.34 bits per heavy atom. The molecule has 0 radical (unpaired) electrons. The van der Waals surface area contributed by atoms with Crippen LogP contribution in [0.15, 0.2) is 0 Å². The van der Waals surface area contributed by atoms with Crippen molar-refractivity contribution in [1.29, 1.82) is 0 Å². The lowest BCUT2D eigenvalue weighted by Crippen LogP contribution is -2.49. The van der Waals surface area contributed by atoms with Crippen molar-refractivity contribution < 1.29 is 19.1 Å². The molecule has 0 bridgehead atoms. The number of hydrogen-bond donors (Lipinski definition) is 2. The molecule has 9 heteroatoms. The highest BCUT2D eigenvalue weighted by Crippen LogP contribution is 2.34. The summed E-state index contributed by atoms with van der Waals surface area (Å²) in [6, 6.07) is 0. The molecule has 1 saturated heterocycles. The van der Waals surface area contributed by atoms with Crippen LogP contribution >= 0.6 is 11.3 Å². The first-order chi connectivity index (χ1) is 15.4. The number of rotatable bonds is 8. The third-order valence-corrected chi connectivity index (χ3v) is 7.59. The van der Waals surface area contributed by atoms with Gasteiger partial charge in [0.1, 0.15) is 5.00 Å². The van der Waals surface area contributed by atoms with Crippen LogP contribution in [-0.2, 0) is 9.53 Å². The molecule has 2 heterocycles. The summed E-state index contributed by atoms with van der Waals surface area (Å²) in [5, 5.41) is 5.81. The first-order valence-electron chi connectivity index (χ1n) is 11.7. The Hall–Kier alpha value is -1.97. The van der Waals surface area contributed by atoms with Gasteiger partial charge in [0.25, 0.3) is 5.91 Å². The molecule has 32 heavy (non-hydrogen) atoms. The average molecular weight is 465 g/mol. The van der Waals surface area contributed by atoms with Crippen molar-refractivity contribution >= 4 is 34.1 Å². The fourth-order valence-corrected chi connectivity index (χ4v) is 5.77. The number of nitrogens with zero attached hydrogens (tertiary/aromatic N) is 2. The summed E-state index contributed by atoms with van der Waals surface area (Å²) in [5.74, 6) is -0.159. The molecule has 1 aromatic heterocycles. The number of hydrogen-bond acceptors (Lipinski definition) is 7. The number of carbonyl (C=O) groups excluding carboxylic acids is 3. The highest BCUT2D eigenvalue weighted by molar-refractivity contribution is 7.18. The normalized spacial score (nSPS) is 18.3. The van der Waals surface area contributed by atoms with Crippen molar-refractivity contribution in [2.75, 3.05) is 58.2 Å². The summed E-state index contributed by atoms with van der Waals surface area (Å²) in [6.45, 7) is 8.79. The number of ether oxygens (including phenoxy) is 1. The molecular formula is C23H36N4O4S. The Balaban J connectivity index is 1.56. The maximum absolute atomic E-state index is 12.8. The SMILES string of the molecule is CCOC(=O)c1c(NC(=O)CN2CCN(CC3CCCCC3)CC2)sc(C(=O)NC)c1C. The lowest BCUT2D eigenvalue weighted by Gasteiger charge is -2.36. The molecular weight excluding hydrogens is 428 g/mol. The first kappa shape index (κ1) is 24.7. The van der Waals surface area contributed by atoms with Gasteiger partial charge in [-0.1, -0.05) is 19.3 Å². The maximum Gasteiger partial charge on any atom is 0.341 e. The second-order valence-corrected chi connectivity index (χ2v) is 9.71. The van der Waals surface area contributed by atoms with Gasteiger partial charge in [0.05, 0.1) is 23.6 Å². The van der Waals surface area contributed by atoms with Crippen molar-refractivity contribution in [3.05, 3.63) is 16.0 Å². The van der Waals surface area contributed by atoms with Crippen molar-refractivity contribution in [1.82, 2.24) is 15.1 Å². The number of nitrogens with one attached hydrogen (secondary N) is 2. The number of esters is 1. The second kappa shape index (κ2) is 11.8. The summed E-state index contributed by atoms with van der Waals surface area (Å²) in [7, 11) is 1.54. The highest BCUT2D eigenvalue weighted by Gasteiger charge is 2.27. The van der Waals surface area contributed by atoms with Gasteiger partial charge in [0.2, 0.25) is 5.91 Å². The van der Waals surface area contributed by atoms with Gasteiger partial charge in [-0.05, 0) is 38.2 Å². The van der Waals surface area contributed by atoms with Crippen LogP contribution in [0.1, 0.15) is 64.6 Å². The van der Waals surface area contributed by atoms with E-state index < -0.39 is 5.97 Å². The molecule has 0 aromatic carbocycles. The van der Waals surface area contributed by atoms with E-state index in [0.717, 1.165) is 43.4 Å². The van der Waals surface area contributed by atoms with Crippen molar-refractivity contribution in [3.8, 4) is 0 Å². The molecule has 1 aliphatic heterocycles. The second-order valence-electron chi connectivity index (χ2n) is 8.69. The predicted octanol–water partition coefficient (Wildman–Crippen LogP) is 2.73. The highest BCUT2D eigenvalue weighted by atomic mass is 32.1. The van der Waals surface area contributed by atoms with Gasteiger partial charge in [-0.25, -0.2) is 4.79 Å². The molecule has 1 aromatic rings. The minimum absolute atomic E-state index is 0.180. The first-order valence-corrected chi connectivity index (χ1v) is 12.5. The fraction of sp³-hybridized carbons (Fsp3) is 0.696. The number of thiophene rings is 1. The minimum Gasteiger partial charge on any atom is -0.462 e. The van der Waals surface area contributed by atoms with Gasteiger partial charge in [-0.3, -0.25) is 14.5 Å². The van der Waals surface area contributed by atoms with Gasteiger partial charge in [-0.15, -0.1) is 11.3 Å². The number of carbonyl (C=O) groups is 3. The zero-order chi connectivity index (χ0) is 23.1. The van der Waals surface area contributed by atoms with Gasteiger partial charge in [-0.2, -0.15) is 0 Å². The van der Waals surface area contributed by atoms with Crippen LogP contribution in [0.3, 0.4) is 0 Å². The smallest absolute Gasteiger partial charge is 0.341 e. The van der Waals surface area contributed by atoms with Crippen molar-refractivity contribution in [2.24, 2.45) is 5.92 Å². The number of piperazine rings is 1. The van der Waals surface area contributed by atoms with E-state index in [2.05, 4.69) is 20.4 Å². The van der Waals surface area contributed by atoms with Crippen LogP contribution in [0.25, 0.3) is 0 Å². The molecule has 178 valence electrons. The van der Waals surface area contributed by atoms with Crippen LogP contribution in [0, 0.1) is 12.8 Å². The Morgan fingerprint density at radius 2 is 1.72 bits per heavy atom.